The second-order valence-corrected chi connectivity index (χ2v) is 5.96. The van der Waals surface area contributed by atoms with Gasteiger partial charge in [0.2, 0.25) is 0 Å². The summed E-state index contributed by atoms with van der Waals surface area (Å²) in [6.45, 7) is 8.80. The zero-order chi connectivity index (χ0) is 12.8. The molecule has 1 aromatic rings. The first kappa shape index (κ1) is 12.4. The lowest BCUT2D eigenvalue weighted by Gasteiger charge is -2.24. The molecule has 1 aliphatic carbocycles. The monoisotopic (exact) mass is 234 g/mol. The standard InChI is InChI=1S/C15H22O2/c1-10-6-11(2)13(12(7-10)17-5)15(9-16)8-14(15,3)4/h6-7,16H,8-9H2,1-5H3. The van der Waals surface area contributed by atoms with E-state index in [-0.39, 0.29) is 17.4 Å². The third kappa shape index (κ3) is 1.66. The summed E-state index contributed by atoms with van der Waals surface area (Å²) in [5, 5.41) is 9.80. The predicted molar refractivity (Wildman–Crippen MR) is 69.6 cm³/mol. The smallest absolute Gasteiger partial charge is 0.123 e. The minimum atomic E-state index is -0.115. The van der Waals surface area contributed by atoms with E-state index >= 15 is 0 Å². The van der Waals surface area contributed by atoms with Crippen LogP contribution in [0, 0.1) is 19.3 Å². The van der Waals surface area contributed by atoms with E-state index in [1.807, 2.05) is 0 Å². The van der Waals surface area contributed by atoms with E-state index in [9.17, 15) is 5.11 Å². The molecular weight excluding hydrogens is 212 g/mol. The summed E-state index contributed by atoms with van der Waals surface area (Å²) < 4.78 is 5.52. The third-order valence-corrected chi connectivity index (χ3v) is 4.33. The molecule has 1 atom stereocenters. The zero-order valence-electron chi connectivity index (χ0n) is 11.4. The molecule has 0 heterocycles. The molecule has 0 saturated heterocycles. The Kier molecular flexibility index (Phi) is 2.74. The van der Waals surface area contributed by atoms with Crippen LogP contribution >= 0.6 is 0 Å². The summed E-state index contributed by atoms with van der Waals surface area (Å²) in [5.74, 6) is 0.919. The van der Waals surface area contributed by atoms with Crippen LogP contribution in [0.5, 0.6) is 5.75 Å². The van der Waals surface area contributed by atoms with Crippen LogP contribution in [0.2, 0.25) is 0 Å². The maximum absolute atomic E-state index is 9.80. The first-order valence-corrected chi connectivity index (χ1v) is 6.14. The van der Waals surface area contributed by atoms with Gasteiger partial charge in [0.1, 0.15) is 5.75 Å². The van der Waals surface area contributed by atoms with Gasteiger partial charge in [-0.05, 0) is 42.9 Å². The second-order valence-electron chi connectivity index (χ2n) is 5.96. The Morgan fingerprint density at radius 3 is 2.29 bits per heavy atom. The molecule has 1 unspecified atom stereocenters. The van der Waals surface area contributed by atoms with Crippen molar-refractivity contribution in [1.82, 2.24) is 0 Å². The fraction of sp³-hybridized carbons (Fsp3) is 0.600. The molecule has 17 heavy (non-hydrogen) atoms. The molecule has 2 rings (SSSR count). The molecule has 1 aliphatic rings. The summed E-state index contributed by atoms with van der Waals surface area (Å²) in [4.78, 5) is 0. The van der Waals surface area contributed by atoms with E-state index in [4.69, 9.17) is 4.74 Å². The summed E-state index contributed by atoms with van der Waals surface area (Å²) in [6.07, 6.45) is 1.02. The number of aliphatic hydroxyl groups excluding tert-OH is 1. The van der Waals surface area contributed by atoms with E-state index in [1.54, 1.807) is 7.11 Å². The Balaban J connectivity index is 2.60. The molecular formula is C15H22O2. The summed E-state index contributed by atoms with van der Waals surface area (Å²) >= 11 is 0. The van der Waals surface area contributed by atoms with Crippen molar-refractivity contribution in [3.63, 3.8) is 0 Å². The lowest BCUT2D eigenvalue weighted by Crippen LogP contribution is -2.21. The van der Waals surface area contributed by atoms with Crippen LogP contribution in [-0.4, -0.2) is 18.8 Å². The molecule has 1 aromatic carbocycles. The minimum Gasteiger partial charge on any atom is -0.496 e. The number of aliphatic hydroxyl groups is 1. The summed E-state index contributed by atoms with van der Waals surface area (Å²) in [5.41, 5.74) is 3.67. The van der Waals surface area contributed by atoms with E-state index in [1.165, 1.54) is 16.7 Å². The summed E-state index contributed by atoms with van der Waals surface area (Å²) in [6, 6.07) is 4.23. The van der Waals surface area contributed by atoms with Crippen LogP contribution in [0.25, 0.3) is 0 Å². The number of rotatable bonds is 3. The van der Waals surface area contributed by atoms with Gasteiger partial charge in [0, 0.05) is 11.0 Å². The van der Waals surface area contributed by atoms with Gasteiger partial charge < -0.3 is 9.84 Å². The SMILES string of the molecule is COc1cc(C)cc(C)c1C1(CO)CC1(C)C. The van der Waals surface area contributed by atoms with Gasteiger partial charge in [-0.2, -0.15) is 0 Å². The van der Waals surface area contributed by atoms with Crippen LogP contribution in [0.15, 0.2) is 12.1 Å². The number of hydrogen-bond acceptors (Lipinski definition) is 2. The Bertz CT molecular complexity index is 448. The van der Waals surface area contributed by atoms with Crippen molar-refractivity contribution in [3.05, 3.63) is 28.8 Å². The van der Waals surface area contributed by atoms with Gasteiger partial charge in [-0.3, -0.25) is 0 Å². The minimum absolute atomic E-state index is 0.115. The van der Waals surface area contributed by atoms with Gasteiger partial charge in [0.05, 0.1) is 13.7 Å². The fourth-order valence-corrected chi connectivity index (χ4v) is 3.19. The number of benzene rings is 1. The van der Waals surface area contributed by atoms with E-state index in [2.05, 4.69) is 39.8 Å². The highest BCUT2D eigenvalue weighted by Crippen LogP contribution is 2.66. The highest BCUT2D eigenvalue weighted by molar-refractivity contribution is 5.52. The van der Waals surface area contributed by atoms with Crippen molar-refractivity contribution in [2.45, 2.75) is 39.5 Å². The normalized spacial score (nSPS) is 25.8. The molecule has 1 saturated carbocycles. The lowest BCUT2D eigenvalue weighted by molar-refractivity contribution is 0.227. The molecule has 0 aromatic heterocycles. The molecule has 1 fully saturated rings. The van der Waals surface area contributed by atoms with Crippen molar-refractivity contribution in [1.29, 1.82) is 0 Å². The van der Waals surface area contributed by atoms with Crippen LogP contribution in [0.4, 0.5) is 0 Å². The van der Waals surface area contributed by atoms with Crippen molar-refractivity contribution in [2.75, 3.05) is 13.7 Å². The Labute approximate surface area is 104 Å². The zero-order valence-corrected chi connectivity index (χ0v) is 11.4. The second kappa shape index (κ2) is 3.74. The van der Waals surface area contributed by atoms with E-state index < -0.39 is 0 Å². The molecule has 94 valence electrons. The quantitative estimate of drug-likeness (QED) is 0.871. The largest absolute Gasteiger partial charge is 0.496 e. The van der Waals surface area contributed by atoms with Crippen molar-refractivity contribution in [2.24, 2.45) is 5.41 Å². The fourth-order valence-electron chi connectivity index (χ4n) is 3.19. The van der Waals surface area contributed by atoms with Gasteiger partial charge >= 0.3 is 0 Å². The van der Waals surface area contributed by atoms with Crippen LogP contribution in [0.3, 0.4) is 0 Å². The molecule has 0 spiro atoms. The molecule has 0 aliphatic heterocycles. The predicted octanol–water partition coefficient (Wildman–Crippen LogP) is 2.97. The van der Waals surface area contributed by atoms with Gasteiger partial charge in [-0.15, -0.1) is 0 Å². The Morgan fingerprint density at radius 2 is 1.88 bits per heavy atom. The van der Waals surface area contributed by atoms with Gasteiger partial charge in [-0.25, -0.2) is 0 Å². The number of ether oxygens (including phenoxy) is 1. The molecule has 0 bridgehead atoms. The van der Waals surface area contributed by atoms with Gasteiger partial charge in [0.15, 0.2) is 0 Å². The topological polar surface area (TPSA) is 29.5 Å². The molecule has 0 amide bonds. The van der Waals surface area contributed by atoms with Crippen LogP contribution < -0.4 is 4.74 Å². The first-order valence-electron chi connectivity index (χ1n) is 6.14. The van der Waals surface area contributed by atoms with Crippen molar-refractivity contribution >= 4 is 0 Å². The van der Waals surface area contributed by atoms with E-state index in [0.717, 1.165) is 12.2 Å². The lowest BCUT2D eigenvalue weighted by atomic mass is 9.84. The Hall–Kier alpha value is -1.02. The first-order chi connectivity index (χ1) is 7.88. The molecule has 0 radical (unpaired) electrons. The number of aryl methyl sites for hydroxylation is 2. The Morgan fingerprint density at radius 1 is 1.29 bits per heavy atom. The number of hydrogen-bond donors (Lipinski definition) is 1. The molecule has 2 nitrogen and oxygen atoms in total. The highest BCUT2D eigenvalue weighted by atomic mass is 16.5. The van der Waals surface area contributed by atoms with Crippen LogP contribution in [0.1, 0.15) is 37.0 Å². The third-order valence-electron chi connectivity index (χ3n) is 4.33. The maximum Gasteiger partial charge on any atom is 0.123 e. The van der Waals surface area contributed by atoms with E-state index in [0.29, 0.717) is 0 Å². The number of methoxy groups -OCH3 is 1. The average molecular weight is 234 g/mol. The maximum atomic E-state index is 9.80. The van der Waals surface area contributed by atoms with Gasteiger partial charge in [0.25, 0.3) is 0 Å². The molecule has 2 heteroatoms. The molecule has 1 N–H and O–H groups in total. The highest BCUT2D eigenvalue weighted by Gasteiger charge is 2.63. The van der Waals surface area contributed by atoms with Crippen molar-refractivity contribution < 1.29 is 9.84 Å². The van der Waals surface area contributed by atoms with Gasteiger partial charge in [-0.1, -0.05) is 19.9 Å². The van der Waals surface area contributed by atoms with Crippen LogP contribution in [-0.2, 0) is 5.41 Å². The van der Waals surface area contributed by atoms with Crippen molar-refractivity contribution in [3.8, 4) is 5.75 Å². The average Bonchev–Trinajstić information content (AvgIpc) is 2.80. The summed E-state index contributed by atoms with van der Waals surface area (Å²) in [7, 11) is 1.71.